The standard InChI is InChI=1S/C24H21F2N3O3S/c1-3-14(2)33(31,32)29-20-10-9-19(25)21(22(20)26)23(30)18-13-28-24-17(18)11-16(12-27-24)15-7-5-4-6-8-15/h4-14,29H,3H2,1-2H3,(H,27,28). The number of halogens is 2. The first kappa shape index (κ1) is 22.6. The van der Waals surface area contributed by atoms with Gasteiger partial charge in [0.25, 0.3) is 0 Å². The fraction of sp³-hybridized carbons (Fsp3) is 0.167. The van der Waals surface area contributed by atoms with Gasteiger partial charge >= 0.3 is 0 Å². The Kier molecular flexibility index (Phi) is 5.99. The highest BCUT2D eigenvalue weighted by Gasteiger charge is 2.27. The Morgan fingerprint density at radius 1 is 1.12 bits per heavy atom. The summed E-state index contributed by atoms with van der Waals surface area (Å²) in [5.41, 5.74) is 0.675. The zero-order valence-corrected chi connectivity index (χ0v) is 18.7. The minimum absolute atomic E-state index is 0.0232. The molecule has 9 heteroatoms. The Morgan fingerprint density at radius 3 is 2.55 bits per heavy atom. The van der Waals surface area contributed by atoms with E-state index in [4.69, 9.17) is 0 Å². The highest BCUT2D eigenvalue weighted by atomic mass is 32.2. The van der Waals surface area contributed by atoms with Crippen molar-refractivity contribution in [1.29, 1.82) is 0 Å². The van der Waals surface area contributed by atoms with Crippen molar-refractivity contribution in [1.82, 2.24) is 9.97 Å². The zero-order valence-electron chi connectivity index (χ0n) is 17.9. The van der Waals surface area contributed by atoms with Crippen LogP contribution in [0.5, 0.6) is 0 Å². The number of H-pyrrole nitrogens is 1. The van der Waals surface area contributed by atoms with Crippen LogP contribution in [0.1, 0.15) is 36.2 Å². The molecule has 1 unspecified atom stereocenters. The molecule has 0 aliphatic rings. The van der Waals surface area contributed by atoms with Gasteiger partial charge in [-0.15, -0.1) is 0 Å². The largest absolute Gasteiger partial charge is 0.345 e. The molecule has 4 rings (SSSR count). The summed E-state index contributed by atoms with van der Waals surface area (Å²) in [6.07, 6.45) is 3.27. The number of carbonyl (C=O) groups excluding carboxylic acids is 1. The second-order valence-corrected chi connectivity index (χ2v) is 9.77. The van der Waals surface area contributed by atoms with Gasteiger partial charge in [0, 0.05) is 28.9 Å². The van der Waals surface area contributed by atoms with Gasteiger partial charge in [-0.05, 0) is 37.1 Å². The van der Waals surface area contributed by atoms with Crippen molar-refractivity contribution in [3.05, 3.63) is 83.7 Å². The molecule has 0 amide bonds. The lowest BCUT2D eigenvalue weighted by atomic mass is 10.00. The molecule has 0 saturated heterocycles. The maximum Gasteiger partial charge on any atom is 0.235 e. The highest BCUT2D eigenvalue weighted by molar-refractivity contribution is 7.93. The third-order valence-corrected chi connectivity index (χ3v) is 7.46. The van der Waals surface area contributed by atoms with Gasteiger partial charge in [0.1, 0.15) is 11.5 Å². The van der Waals surface area contributed by atoms with Crippen molar-refractivity contribution in [3.8, 4) is 11.1 Å². The third kappa shape index (κ3) is 4.23. The predicted molar refractivity (Wildman–Crippen MR) is 124 cm³/mol. The lowest BCUT2D eigenvalue weighted by Crippen LogP contribution is -2.25. The van der Waals surface area contributed by atoms with E-state index in [0.29, 0.717) is 17.5 Å². The fourth-order valence-electron chi connectivity index (χ4n) is 3.43. The average Bonchev–Trinajstić information content (AvgIpc) is 3.24. The molecule has 0 bridgehead atoms. The van der Waals surface area contributed by atoms with Crippen LogP contribution in [0.15, 0.2) is 60.9 Å². The average molecular weight is 470 g/mol. The minimum atomic E-state index is -3.91. The van der Waals surface area contributed by atoms with Crippen LogP contribution >= 0.6 is 0 Å². The molecule has 0 aliphatic carbocycles. The Hall–Kier alpha value is -3.59. The summed E-state index contributed by atoms with van der Waals surface area (Å²) < 4.78 is 56.7. The fourth-order valence-corrected chi connectivity index (χ4v) is 4.53. The molecule has 0 aliphatic heterocycles. The van der Waals surface area contributed by atoms with E-state index in [9.17, 15) is 17.6 Å². The number of fused-ring (bicyclic) bond motifs is 1. The molecule has 0 radical (unpaired) electrons. The number of benzene rings is 2. The molecule has 2 heterocycles. The molecule has 1 atom stereocenters. The number of nitrogens with zero attached hydrogens (tertiary/aromatic N) is 1. The number of aromatic nitrogens is 2. The number of rotatable bonds is 7. The second-order valence-electron chi connectivity index (χ2n) is 7.67. The van der Waals surface area contributed by atoms with Gasteiger partial charge in [-0.3, -0.25) is 9.52 Å². The number of hydrogen-bond donors (Lipinski definition) is 2. The predicted octanol–water partition coefficient (Wildman–Crippen LogP) is 5.28. The van der Waals surface area contributed by atoms with Crippen molar-refractivity contribution in [2.45, 2.75) is 25.5 Å². The SMILES string of the molecule is CCC(C)S(=O)(=O)Nc1ccc(F)c(C(=O)c2c[nH]c3ncc(-c4ccccc4)cc23)c1F. The van der Waals surface area contributed by atoms with E-state index < -0.39 is 43.9 Å². The van der Waals surface area contributed by atoms with Crippen LogP contribution in [-0.4, -0.2) is 29.4 Å². The van der Waals surface area contributed by atoms with E-state index in [1.54, 1.807) is 19.2 Å². The lowest BCUT2D eigenvalue weighted by Gasteiger charge is -2.15. The zero-order chi connectivity index (χ0) is 23.8. The molecule has 2 aromatic carbocycles. The number of sulfonamides is 1. The first-order valence-electron chi connectivity index (χ1n) is 10.3. The van der Waals surface area contributed by atoms with Crippen molar-refractivity contribution in [3.63, 3.8) is 0 Å². The molecular weight excluding hydrogens is 448 g/mol. The van der Waals surface area contributed by atoms with Gasteiger partial charge in [-0.25, -0.2) is 22.2 Å². The summed E-state index contributed by atoms with van der Waals surface area (Å²) in [5.74, 6) is -3.29. The van der Waals surface area contributed by atoms with Crippen LogP contribution in [0.3, 0.4) is 0 Å². The van der Waals surface area contributed by atoms with Gasteiger partial charge in [0.15, 0.2) is 5.82 Å². The summed E-state index contributed by atoms with van der Waals surface area (Å²) >= 11 is 0. The van der Waals surface area contributed by atoms with E-state index in [2.05, 4.69) is 14.7 Å². The van der Waals surface area contributed by atoms with Crippen LogP contribution in [-0.2, 0) is 10.0 Å². The van der Waals surface area contributed by atoms with Gasteiger partial charge in [0.2, 0.25) is 15.8 Å². The Morgan fingerprint density at radius 2 is 1.85 bits per heavy atom. The monoisotopic (exact) mass is 469 g/mol. The summed E-state index contributed by atoms with van der Waals surface area (Å²) in [5, 5.41) is -0.400. The second kappa shape index (κ2) is 8.74. The van der Waals surface area contributed by atoms with E-state index in [1.807, 2.05) is 30.3 Å². The molecule has 6 nitrogen and oxygen atoms in total. The molecule has 0 fully saturated rings. The molecule has 33 heavy (non-hydrogen) atoms. The summed E-state index contributed by atoms with van der Waals surface area (Å²) in [6, 6.07) is 12.9. The van der Waals surface area contributed by atoms with Crippen molar-refractivity contribution in [2.75, 3.05) is 4.72 Å². The van der Waals surface area contributed by atoms with Gasteiger partial charge in [0.05, 0.1) is 16.5 Å². The molecular formula is C24H21F2N3O3S. The molecule has 2 aromatic heterocycles. The smallest absolute Gasteiger partial charge is 0.235 e. The molecule has 0 saturated carbocycles. The maximum atomic E-state index is 15.2. The minimum Gasteiger partial charge on any atom is -0.345 e. The van der Waals surface area contributed by atoms with Crippen LogP contribution in [0.25, 0.3) is 22.2 Å². The van der Waals surface area contributed by atoms with Crippen LogP contribution in [0.2, 0.25) is 0 Å². The molecule has 170 valence electrons. The van der Waals surface area contributed by atoms with Crippen LogP contribution in [0.4, 0.5) is 14.5 Å². The molecule has 4 aromatic rings. The highest BCUT2D eigenvalue weighted by Crippen LogP contribution is 2.30. The van der Waals surface area contributed by atoms with E-state index in [-0.39, 0.29) is 5.56 Å². The van der Waals surface area contributed by atoms with Crippen LogP contribution in [0, 0.1) is 11.6 Å². The number of hydrogen-bond acceptors (Lipinski definition) is 4. The number of pyridine rings is 1. The Labute approximate surface area is 189 Å². The normalized spacial score (nSPS) is 12.6. The first-order valence-corrected chi connectivity index (χ1v) is 11.8. The van der Waals surface area contributed by atoms with Crippen molar-refractivity contribution < 1.29 is 22.0 Å². The van der Waals surface area contributed by atoms with Gasteiger partial charge in [-0.1, -0.05) is 37.3 Å². The number of anilines is 1. The van der Waals surface area contributed by atoms with Crippen molar-refractivity contribution in [2.24, 2.45) is 0 Å². The molecule has 0 spiro atoms. The van der Waals surface area contributed by atoms with Crippen molar-refractivity contribution >= 4 is 32.5 Å². The maximum absolute atomic E-state index is 15.2. The quantitative estimate of drug-likeness (QED) is 0.360. The Bertz CT molecular complexity index is 1450. The van der Waals surface area contributed by atoms with E-state index >= 15 is 4.39 Å². The van der Waals surface area contributed by atoms with E-state index in [1.165, 1.54) is 13.1 Å². The number of carbonyl (C=O) groups is 1. The lowest BCUT2D eigenvalue weighted by molar-refractivity contribution is 0.103. The summed E-state index contributed by atoms with van der Waals surface area (Å²) in [6.45, 7) is 3.15. The number of aromatic amines is 1. The number of ketones is 1. The first-order chi connectivity index (χ1) is 15.7. The van der Waals surface area contributed by atoms with Gasteiger partial charge < -0.3 is 4.98 Å². The Balaban J connectivity index is 1.78. The number of nitrogens with one attached hydrogen (secondary N) is 2. The topological polar surface area (TPSA) is 91.9 Å². The van der Waals surface area contributed by atoms with Gasteiger partial charge in [-0.2, -0.15) is 0 Å². The summed E-state index contributed by atoms with van der Waals surface area (Å²) in [7, 11) is -3.91. The molecule has 2 N–H and O–H groups in total. The summed E-state index contributed by atoms with van der Waals surface area (Å²) in [4.78, 5) is 20.4. The van der Waals surface area contributed by atoms with Crippen LogP contribution < -0.4 is 4.72 Å². The third-order valence-electron chi connectivity index (χ3n) is 5.56. The van der Waals surface area contributed by atoms with E-state index in [0.717, 1.165) is 23.3 Å².